The predicted molar refractivity (Wildman–Crippen MR) is 76.7 cm³/mol. The SMILES string of the molecule is CN1C(=O)[C@H](N)N=C(c2nccn2C)c2ccccc21. The lowest BCUT2D eigenvalue weighted by molar-refractivity contribution is -0.119. The second kappa shape index (κ2) is 4.57. The van der Waals surface area contributed by atoms with Crippen LogP contribution in [0, 0.1) is 0 Å². The second-order valence-electron chi connectivity index (χ2n) is 4.70. The summed E-state index contributed by atoms with van der Waals surface area (Å²) in [6.07, 6.45) is 2.62. The molecule has 6 nitrogen and oxygen atoms in total. The summed E-state index contributed by atoms with van der Waals surface area (Å²) < 4.78 is 1.86. The van der Waals surface area contributed by atoms with Gasteiger partial charge in [-0.05, 0) is 6.07 Å². The Morgan fingerprint density at radius 1 is 1.25 bits per heavy atom. The first kappa shape index (κ1) is 12.6. The van der Waals surface area contributed by atoms with E-state index in [0.29, 0.717) is 11.5 Å². The summed E-state index contributed by atoms with van der Waals surface area (Å²) >= 11 is 0. The van der Waals surface area contributed by atoms with Crippen LogP contribution in [0.1, 0.15) is 11.4 Å². The van der Waals surface area contributed by atoms with E-state index in [2.05, 4.69) is 9.98 Å². The van der Waals surface area contributed by atoms with Crippen molar-refractivity contribution in [3.05, 3.63) is 48.0 Å². The standard InChI is InChI=1S/C14H15N5O/c1-18-8-7-16-13(18)11-9-5-3-4-6-10(9)19(2)14(20)12(15)17-11/h3-8,12H,15H2,1-2H3/t12-/m1/s1. The molecule has 6 heteroatoms. The Kier molecular flexibility index (Phi) is 2.87. The van der Waals surface area contributed by atoms with Crippen molar-refractivity contribution in [2.75, 3.05) is 11.9 Å². The number of aryl methyl sites for hydroxylation is 1. The molecule has 2 heterocycles. The number of rotatable bonds is 1. The maximum Gasteiger partial charge on any atom is 0.266 e. The number of anilines is 1. The summed E-state index contributed by atoms with van der Waals surface area (Å²) in [6.45, 7) is 0. The molecule has 1 aliphatic rings. The highest BCUT2D eigenvalue weighted by Gasteiger charge is 2.28. The van der Waals surface area contributed by atoms with Crippen LogP contribution in [0.2, 0.25) is 0 Å². The molecule has 0 aliphatic carbocycles. The zero-order chi connectivity index (χ0) is 14.3. The maximum atomic E-state index is 12.2. The van der Waals surface area contributed by atoms with Gasteiger partial charge in [0.05, 0.1) is 5.69 Å². The number of amides is 1. The van der Waals surface area contributed by atoms with Crippen LogP contribution >= 0.6 is 0 Å². The molecule has 1 atom stereocenters. The van der Waals surface area contributed by atoms with Crippen molar-refractivity contribution in [3.8, 4) is 0 Å². The van der Waals surface area contributed by atoms with Crippen molar-refractivity contribution in [2.24, 2.45) is 17.8 Å². The number of imidazole rings is 1. The molecule has 2 aromatic rings. The summed E-state index contributed by atoms with van der Waals surface area (Å²) in [5, 5.41) is 0. The van der Waals surface area contributed by atoms with Gasteiger partial charge in [0.2, 0.25) is 0 Å². The molecule has 2 N–H and O–H groups in total. The van der Waals surface area contributed by atoms with Crippen molar-refractivity contribution in [3.63, 3.8) is 0 Å². The van der Waals surface area contributed by atoms with E-state index in [1.165, 1.54) is 0 Å². The normalized spacial score (nSPS) is 18.6. The average Bonchev–Trinajstić information content (AvgIpc) is 2.85. The van der Waals surface area contributed by atoms with Crippen molar-refractivity contribution < 1.29 is 4.79 Å². The molecule has 0 fully saturated rings. The van der Waals surface area contributed by atoms with E-state index in [1.807, 2.05) is 42.1 Å². The third-order valence-electron chi connectivity index (χ3n) is 3.41. The number of likely N-dealkylation sites (N-methyl/N-ethyl adjacent to an activating group) is 1. The van der Waals surface area contributed by atoms with E-state index >= 15 is 0 Å². The quantitative estimate of drug-likeness (QED) is 0.820. The van der Waals surface area contributed by atoms with Crippen LogP contribution in [0.15, 0.2) is 41.7 Å². The fraction of sp³-hybridized carbons (Fsp3) is 0.214. The molecule has 102 valence electrons. The monoisotopic (exact) mass is 269 g/mol. The van der Waals surface area contributed by atoms with Gasteiger partial charge in [0.1, 0.15) is 5.71 Å². The van der Waals surface area contributed by atoms with Gasteiger partial charge < -0.3 is 15.2 Å². The number of para-hydroxylation sites is 1. The average molecular weight is 269 g/mol. The lowest BCUT2D eigenvalue weighted by Gasteiger charge is -2.18. The van der Waals surface area contributed by atoms with Crippen LogP contribution in [0.3, 0.4) is 0 Å². The molecule has 0 spiro atoms. The van der Waals surface area contributed by atoms with E-state index in [4.69, 9.17) is 5.73 Å². The van der Waals surface area contributed by atoms with Crippen molar-refractivity contribution in [1.29, 1.82) is 0 Å². The van der Waals surface area contributed by atoms with Crippen LogP contribution in [0.25, 0.3) is 0 Å². The molecule has 0 saturated carbocycles. The maximum absolute atomic E-state index is 12.2. The van der Waals surface area contributed by atoms with Gasteiger partial charge in [-0.15, -0.1) is 0 Å². The number of benzene rings is 1. The van der Waals surface area contributed by atoms with Crippen LogP contribution in [-0.2, 0) is 11.8 Å². The fourth-order valence-electron chi connectivity index (χ4n) is 2.32. The van der Waals surface area contributed by atoms with Gasteiger partial charge in [0.25, 0.3) is 5.91 Å². The minimum absolute atomic E-state index is 0.235. The van der Waals surface area contributed by atoms with E-state index in [0.717, 1.165) is 11.3 Å². The number of carbonyl (C=O) groups is 1. The van der Waals surface area contributed by atoms with E-state index in [-0.39, 0.29) is 5.91 Å². The molecule has 3 rings (SSSR count). The Morgan fingerprint density at radius 2 is 2.00 bits per heavy atom. The Morgan fingerprint density at radius 3 is 2.70 bits per heavy atom. The summed E-state index contributed by atoms with van der Waals surface area (Å²) in [7, 11) is 3.59. The number of nitrogens with zero attached hydrogens (tertiary/aromatic N) is 4. The minimum Gasteiger partial charge on any atom is -0.333 e. The first-order valence-corrected chi connectivity index (χ1v) is 6.27. The number of fused-ring (bicyclic) bond motifs is 1. The summed E-state index contributed by atoms with van der Waals surface area (Å²) in [5.41, 5.74) is 8.15. The summed E-state index contributed by atoms with van der Waals surface area (Å²) in [6, 6.07) is 7.59. The van der Waals surface area contributed by atoms with Crippen molar-refractivity contribution in [2.45, 2.75) is 6.17 Å². The summed E-state index contributed by atoms with van der Waals surface area (Å²) in [5.74, 6) is 0.456. The largest absolute Gasteiger partial charge is 0.333 e. The lowest BCUT2D eigenvalue weighted by Crippen LogP contribution is -2.39. The Hall–Kier alpha value is -2.47. The van der Waals surface area contributed by atoms with Gasteiger partial charge in [0.15, 0.2) is 12.0 Å². The number of hydrogen-bond donors (Lipinski definition) is 1. The first-order chi connectivity index (χ1) is 9.59. The smallest absolute Gasteiger partial charge is 0.266 e. The molecule has 0 unspecified atom stereocenters. The summed E-state index contributed by atoms with van der Waals surface area (Å²) in [4.78, 5) is 22.4. The van der Waals surface area contributed by atoms with E-state index in [1.54, 1.807) is 18.1 Å². The predicted octanol–water partition coefficient (Wildman–Crippen LogP) is 0.519. The van der Waals surface area contributed by atoms with Crippen molar-refractivity contribution >= 4 is 17.3 Å². The highest BCUT2D eigenvalue weighted by Crippen LogP contribution is 2.25. The molecule has 1 aromatic carbocycles. The molecule has 0 bridgehead atoms. The van der Waals surface area contributed by atoms with Gasteiger partial charge in [0, 0.05) is 32.1 Å². The van der Waals surface area contributed by atoms with Gasteiger partial charge in [-0.25, -0.2) is 4.98 Å². The number of nitrogens with two attached hydrogens (primary N) is 1. The number of aromatic nitrogens is 2. The number of benzodiazepines with no additional fused rings is 1. The van der Waals surface area contributed by atoms with Gasteiger partial charge in [-0.2, -0.15) is 0 Å². The van der Waals surface area contributed by atoms with Gasteiger partial charge >= 0.3 is 0 Å². The number of carbonyl (C=O) groups excluding carboxylic acids is 1. The molecule has 1 amide bonds. The molecule has 0 radical (unpaired) electrons. The first-order valence-electron chi connectivity index (χ1n) is 6.27. The highest BCUT2D eigenvalue weighted by atomic mass is 16.2. The van der Waals surface area contributed by atoms with Gasteiger partial charge in [-0.3, -0.25) is 9.79 Å². The van der Waals surface area contributed by atoms with Crippen LogP contribution < -0.4 is 10.6 Å². The minimum atomic E-state index is -0.918. The van der Waals surface area contributed by atoms with E-state index < -0.39 is 6.17 Å². The van der Waals surface area contributed by atoms with E-state index in [9.17, 15) is 4.79 Å². The second-order valence-corrected chi connectivity index (χ2v) is 4.70. The molecule has 1 aromatic heterocycles. The molecule has 20 heavy (non-hydrogen) atoms. The zero-order valence-electron chi connectivity index (χ0n) is 11.3. The third kappa shape index (κ3) is 1.81. The molecular formula is C14H15N5O. The Labute approximate surface area is 116 Å². The van der Waals surface area contributed by atoms with Crippen LogP contribution in [-0.4, -0.2) is 34.4 Å². The lowest BCUT2D eigenvalue weighted by atomic mass is 10.1. The topological polar surface area (TPSA) is 76.5 Å². The number of aliphatic imine (C=N–C) groups is 1. The van der Waals surface area contributed by atoms with Gasteiger partial charge in [-0.1, -0.05) is 18.2 Å². The third-order valence-corrected chi connectivity index (χ3v) is 3.41. The zero-order valence-corrected chi connectivity index (χ0v) is 11.3. The van der Waals surface area contributed by atoms with Crippen molar-refractivity contribution in [1.82, 2.24) is 9.55 Å². The van der Waals surface area contributed by atoms with Crippen LogP contribution in [0.4, 0.5) is 5.69 Å². The Bertz CT molecular complexity index is 703. The molecule has 1 aliphatic heterocycles. The van der Waals surface area contributed by atoms with Crippen LogP contribution in [0.5, 0.6) is 0 Å². The fourth-order valence-corrected chi connectivity index (χ4v) is 2.32. The Balaban J connectivity index is 2.27. The number of hydrogen-bond acceptors (Lipinski definition) is 4. The molecular weight excluding hydrogens is 254 g/mol. The highest BCUT2D eigenvalue weighted by molar-refractivity contribution is 6.18. The molecule has 0 saturated heterocycles.